The second-order valence-electron chi connectivity index (χ2n) is 7.59. The molecule has 1 aliphatic heterocycles. The third-order valence-corrected chi connectivity index (χ3v) is 6.18. The molecule has 0 N–H and O–H groups in total. The van der Waals surface area contributed by atoms with Crippen LogP contribution in [0.2, 0.25) is 0 Å². The lowest BCUT2D eigenvalue weighted by molar-refractivity contribution is 0.0971. The Morgan fingerprint density at radius 2 is 1.67 bits per heavy atom. The van der Waals surface area contributed by atoms with Crippen molar-refractivity contribution in [3.63, 3.8) is 0 Å². The molecule has 33 heavy (non-hydrogen) atoms. The van der Waals surface area contributed by atoms with Crippen molar-refractivity contribution in [1.29, 1.82) is 0 Å². The first kappa shape index (κ1) is 21.3. The lowest BCUT2D eigenvalue weighted by Crippen LogP contribution is -2.29. The van der Waals surface area contributed by atoms with E-state index in [-0.39, 0.29) is 17.1 Å². The zero-order valence-corrected chi connectivity index (χ0v) is 19.6. The summed E-state index contributed by atoms with van der Waals surface area (Å²) >= 11 is 3.42. The molecule has 0 aliphatic carbocycles. The van der Waals surface area contributed by atoms with E-state index in [1.807, 2.05) is 55.5 Å². The Labute approximate surface area is 198 Å². The number of nitrogens with zero attached hydrogens (tertiary/aromatic N) is 1. The maximum atomic E-state index is 13.6. The fourth-order valence-corrected chi connectivity index (χ4v) is 4.54. The van der Waals surface area contributed by atoms with Crippen molar-refractivity contribution in [1.82, 2.24) is 0 Å². The van der Waals surface area contributed by atoms with E-state index in [2.05, 4.69) is 15.9 Å². The maximum Gasteiger partial charge on any atom is 0.295 e. The van der Waals surface area contributed by atoms with Gasteiger partial charge in [0.2, 0.25) is 5.76 Å². The Kier molecular flexibility index (Phi) is 5.42. The molecule has 3 aromatic carbocycles. The molecule has 5 rings (SSSR count). The quantitative estimate of drug-likeness (QED) is 0.347. The highest BCUT2D eigenvalue weighted by atomic mass is 79.9. The molecular formula is C26H20BrNO5. The van der Waals surface area contributed by atoms with E-state index >= 15 is 0 Å². The van der Waals surface area contributed by atoms with Gasteiger partial charge >= 0.3 is 0 Å². The van der Waals surface area contributed by atoms with Gasteiger partial charge in [-0.1, -0.05) is 28.1 Å². The first-order valence-corrected chi connectivity index (χ1v) is 11.3. The van der Waals surface area contributed by atoms with Crippen LogP contribution in [-0.2, 0) is 0 Å². The highest BCUT2D eigenvalue weighted by Gasteiger charge is 2.43. The molecule has 0 saturated heterocycles. The maximum absolute atomic E-state index is 13.6. The zero-order valence-electron chi connectivity index (χ0n) is 18.0. The molecular weight excluding hydrogens is 486 g/mol. The number of benzene rings is 3. The number of carbonyl (C=O) groups is 1. The van der Waals surface area contributed by atoms with Crippen LogP contribution in [0.3, 0.4) is 0 Å². The number of hydrogen-bond donors (Lipinski definition) is 0. The van der Waals surface area contributed by atoms with Crippen LogP contribution in [0.4, 0.5) is 5.69 Å². The van der Waals surface area contributed by atoms with Gasteiger partial charge in [-0.2, -0.15) is 0 Å². The highest BCUT2D eigenvalue weighted by Crippen LogP contribution is 2.42. The van der Waals surface area contributed by atoms with E-state index < -0.39 is 6.04 Å². The van der Waals surface area contributed by atoms with Gasteiger partial charge in [0, 0.05) is 10.2 Å². The number of hydrogen-bond acceptors (Lipinski definition) is 5. The van der Waals surface area contributed by atoms with Gasteiger partial charge in [0.25, 0.3) is 5.91 Å². The Hall–Kier alpha value is -3.58. The number of carbonyl (C=O) groups excluding carboxylic acids is 1. The summed E-state index contributed by atoms with van der Waals surface area (Å²) in [6, 6.07) is 19.1. The van der Waals surface area contributed by atoms with Gasteiger partial charge in [0.15, 0.2) is 5.43 Å². The Morgan fingerprint density at radius 3 is 2.33 bits per heavy atom. The van der Waals surface area contributed by atoms with Gasteiger partial charge in [-0.25, -0.2) is 0 Å². The number of anilines is 1. The predicted molar refractivity (Wildman–Crippen MR) is 129 cm³/mol. The molecule has 166 valence electrons. The number of methoxy groups -OCH3 is 1. The fourth-order valence-electron chi connectivity index (χ4n) is 4.18. The van der Waals surface area contributed by atoms with Crippen LogP contribution < -0.4 is 19.8 Å². The molecule has 6 nitrogen and oxygen atoms in total. The Balaban J connectivity index is 1.73. The van der Waals surface area contributed by atoms with Crippen molar-refractivity contribution in [3.05, 3.63) is 98.3 Å². The van der Waals surface area contributed by atoms with Crippen LogP contribution in [0.1, 0.15) is 34.6 Å². The summed E-state index contributed by atoms with van der Waals surface area (Å²) in [4.78, 5) is 28.8. The number of rotatable bonds is 5. The average molecular weight is 506 g/mol. The number of amides is 1. The van der Waals surface area contributed by atoms with Crippen LogP contribution in [0.25, 0.3) is 11.0 Å². The average Bonchev–Trinajstić information content (AvgIpc) is 3.13. The molecule has 0 spiro atoms. The van der Waals surface area contributed by atoms with Crippen molar-refractivity contribution in [2.24, 2.45) is 0 Å². The summed E-state index contributed by atoms with van der Waals surface area (Å²) < 4.78 is 17.6. The van der Waals surface area contributed by atoms with Gasteiger partial charge < -0.3 is 13.9 Å². The summed E-state index contributed by atoms with van der Waals surface area (Å²) in [6.45, 7) is 2.46. The standard InChI is InChI=1S/C26H20BrNO5/c1-3-32-19-11-7-17(8-12-19)28-23(15-4-9-18(31-2)10-5-15)22-24(29)20-14-16(27)6-13-21(20)33-25(22)26(28)30/h4-14,23H,3H2,1-2H3. The molecule has 1 unspecified atom stereocenters. The van der Waals surface area contributed by atoms with Gasteiger partial charge in [0.1, 0.15) is 17.1 Å². The summed E-state index contributed by atoms with van der Waals surface area (Å²) in [5, 5.41) is 0.419. The van der Waals surface area contributed by atoms with Crippen molar-refractivity contribution in [3.8, 4) is 11.5 Å². The third-order valence-electron chi connectivity index (χ3n) is 5.69. The summed E-state index contributed by atoms with van der Waals surface area (Å²) in [7, 11) is 1.59. The van der Waals surface area contributed by atoms with Crippen molar-refractivity contribution < 1.29 is 18.7 Å². The van der Waals surface area contributed by atoms with Crippen molar-refractivity contribution >= 4 is 38.5 Å². The molecule has 7 heteroatoms. The van der Waals surface area contributed by atoms with Crippen molar-refractivity contribution in [2.75, 3.05) is 18.6 Å². The lowest BCUT2D eigenvalue weighted by atomic mass is 9.98. The van der Waals surface area contributed by atoms with E-state index in [0.29, 0.717) is 40.3 Å². The Morgan fingerprint density at radius 1 is 0.970 bits per heavy atom. The minimum absolute atomic E-state index is 0.0597. The second kappa shape index (κ2) is 8.41. The molecule has 2 heterocycles. The van der Waals surface area contributed by atoms with Crippen LogP contribution in [-0.4, -0.2) is 19.6 Å². The summed E-state index contributed by atoms with van der Waals surface area (Å²) in [5.41, 5.74) is 1.89. The van der Waals surface area contributed by atoms with Crippen LogP contribution >= 0.6 is 15.9 Å². The Bertz CT molecular complexity index is 1410. The third kappa shape index (κ3) is 3.58. The van der Waals surface area contributed by atoms with Gasteiger partial charge in [-0.15, -0.1) is 0 Å². The number of fused-ring (bicyclic) bond motifs is 2. The summed E-state index contributed by atoms with van der Waals surface area (Å²) in [6.07, 6.45) is 0. The molecule has 1 atom stereocenters. The van der Waals surface area contributed by atoms with Gasteiger partial charge in [0.05, 0.1) is 30.7 Å². The first-order valence-electron chi connectivity index (χ1n) is 10.5. The van der Waals surface area contributed by atoms with Crippen LogP contribution in [0.15, 0.2) is 80.4 Å². The summed E-state index contributed by atoms with van der Waals surface area (Å²) in [5.74, 6) is 1.09. The van der Waals surface area contributed by atoms with Crippen molar-refractivity contribution in [2.45, 2.75) is 13.0 Å². The van der Waals surface area contributed by atoms with Gasteiger partial charge in [-0.3, -0.25) is 14.5 Å². The molecule has 0 saturated carbocycles. The van der Waals surface area contributed by atoms with Gasteiger partial charge in [-0.05, 0) is 67.1 Å². The molecule has 0 fully saturated rings. The number of halogens is 1. The fraction of sp³-hybridized carbons (Fsp3) is 0.154. The topological polar surface area (TPSA) is 69.0 Å². The van der Waals surface area contributed by atoms with E-state index in [0.717, 1.165) is 10.0 Å². The monoisotopic (exact) mass is 505 g/mol. The van der Waals surface area contributed by atoms with Crippen LogP contribution in [0.5, 0.6) is 11.5 Å². The first-order chi connectivity index (χ1) is 16.0. The minimum atomic E-state index is -0.643. The van der Waals surface area contributed by atoms with E-state index in [1.54, 1.807) is 30.2 Å². The number of ether oxygens (including phenoxy) is 2. The molecule has 0 radical (unpaired) electrons. The molecule has 0 bridgehead atoms. The largest absolute Gasteiger partial charge is 0.497 e. The SMILES string of the molecule is CCOc1ccc(N2C(=O)c3oc4ccc(Br)cc4c(=O)c3C2c2ccc(OC)cc2)cc1. The molecule has 4 aromatic rings. The van der Waals surface area contributed by atoms with Crippen LogP contribution in [0, 0.1) is 0 Å². The molecule has 1 aliphatic rings. The molecule has 1 aromatic heterocycles. The predicted octanol–water partition coefficient (Wildman–Crippen LogP) is 5.71. The normalized spacial score (nSPS) is 15.1. The minimum Gasteiger partial charge on any atom is -0.497 e. The van der Waals surface area contributed by atoms with E-state index in [4.69, 9.17) is 13.9 Å². The zero-order chi connectivity index (χ0) is 23.1. The smallest absolute Gasteiger partial charge is 0.295 e. The molecule has 1 amide bonds. The van der Waals surface area contributed by atoms with E-state index in [1.165, 1.54) is 0 Å². The second-order valence-corrected chi connectivity index (χ2v) is 8.51. The highest BCUT2D eigenvalue weighted by molar-refractivity contribution is 9.10. The van der Waals surface area contributed by atoms with E-state index in [9.17, 15) is 9.59 Å². The lowest BCUT2D eigenvalue weighted by Gasteiger charge is -2.25.